The lowest BCUT2D eigenvalue weighted by molar-refractivity contribution is 0.612. The van der Waals surface area contributed by atoms with E-state index in [4.69, 9.17) is 11.6 Å². The highest BCUT2D eigenvalue weighted by atomic mass is 35.5. The SMILES string of the molecule is Cc1cccnc1CNCCCC(C)Cl. The molecule has 0 aliphatic rings. The predicted octanol–water partition coefficient (Wildman–Crippen LogP) is 2.89. The minimum Gasteiger partial charge on any atom is -0.311 e. The van der Waals surface area contributed by atoms with Crippen LogP contribution in [0.2, 0.25) is 0 Å². The van der Waals surface area contributed by atoms with Crippen LogP contribution in [0, 0.1) is 6.92 Å². The maximum absolute atomic E-state index is 5.86. The second kappa shape index (κ2) is 6.81. The van der Waals surface area contributed by atoms with Gasteiger partial charge in [0.15, 0.2) is 0 Å². The Hall–Kier alpha value is -0.600. The second-order valence-corrected chi connectivity index (χ2v) is 4.61. The van der Waals surface area contributed by atoms with E-state index in [1.165, 1.54) is 5.56 Å². The minimum absolute atomic E-state index is 0.281. The third-order valence-corrected chi connectivity index (χ3v) is 2.58. The summed E-state index contributed by atoms with van der Waals surface area (Å²) in [5, 5.41) is 3.66. The van der Waals surface area contributed by atoms with E-state index in [9.17, 15) is 0 Å². The van der Waals surface area contributed by atoms with Gasteiger partial charge in [0.1, 0.15) is 0 Å². The molecule has 0 aliphatic carbocycles. The molecule has 0 bridgehead atoms. The van der Waals surface area contributed by atoms with Gasteiger partial charge < -0.3 is 5.32 Å². The zero-order chi connectivity index (χ0) is 11.1. The van der Waals surface area contributed by atoms with E-state index in [0.29, 0.717) is 0 Å². The number of rotatable bonds is 6. The first-order valence-electron chi connectivity index (χ1n) is 5.45. The summed E-state index contributed by atoms with van der Waals surface area (Å²) in [5.74, 6) is 0. The first-order chi connectivity index (χ1) is 7.20. The normalized spacial score (nSPS) is 12.7. The number of halogens is 1. The molecule has 1 unspecified atom stereocenters. The van der Waals surface area contributed by atoms with Crippen molar-refractivity contribution in [1.29, 1.82) is 0 Å². The molecule has 0 spiro atoms. The number of aromatic nitrogens is 1. The predicted molar refractivity (Wildman–Crippen MR) is 65.2 cm³/mol. The van der Waals surface area contributed by atoms with Gasteiger partial charge >= 0.3 is 0 Å². The van der Waals surface area contributed by atoms with Gasteiger partial charge in [0.25, 0.3) is 0 Å². The summed E-state index contributed by atoms with van der Waals surface area (Å²) in [4.78, 5) is 4.32. The van der Waals surface area contributed by atoms with E-state index >= 15 is 0 Å². The summed E-state index contributed by atoms with van der Waals surface area (Å²) in [7, 11) is 0. The molecule has 1 aromatic rings. The summed E-state index contributed by atoms with van der Waals surface area (Å²) in [6.07, 6.45) is 4.02. The van der Waals surface area contributed by atoms with Crippen molar-refractivity contribution in [2.24, 2.45) is 0 Å². The summed E-state index contributed by atoms with van der Waals surface area (Å²) in [5.41, 5.74) is 2.38. The summed E-state index contributed by atoms with van der Waals surface area (Å²) in [6.45, 7) is 5.98. The average molecular weight is 227 g/mol. The zero-order valence-corrected chi connectivity index (χ0v) is 10.2. The Kier molecular flexibility index (Phi) is 5.66. The molecule has 0 aromatic carbocycles. The molecule has 15 heavy (non-hydrogen) atoms. The summed E-state index contributed by atoms with van der Waals surface area (Å²) in [6, 6.07) is 4.05. The van der Waals surface area contributed by atoms with Crippen LogP contribution in [-0.2, 0) is 6.54 Å². The maximum atomic E-state index is 5.86. The first-order valence-corrected chi connectivity index (χ1v) is 5.89. The molecule has 0 aliphatic heterocycles. The van der Waals surface area contributed by atoms with E-state index in [0.717, 1.165) is 31.6 Å². The van der Waals surface area contributed by atoms with Gasteiger partial charge in [-0.25, -0.2) is 0 Å². The first kappa shape index (κ1) is 12.5. The third-order valence-electron chi connectivity index (χ3n) is 2.37. The second-order valence-electron chi connectivity index (χ2n) is 3.87. The van der Waals surface area contributed by atoms with Crippen molar-refractivity contribution in [2.75, 3.05) is 6.54 Å². The summed E-state index contributed by atoms with van der Waals surface area (Å²) >= 11 is 5.86. The van der Waals surface area contributed by atoms with Gasteiger partial charge in [0.05, 0.1) is 5.69 Å². The molecule has 1 atom stereocenters. The molecule has 0 radical (unpaired) electrons. The highest BCUT2D eigenvalue weighted by molar-refractivity contribution is 6.20. The quantitative estimate of drug-likeness (QED) is 0.596. The van der Waals surface area contributed by atoms with Gasteiger partial charge in [-0.2, -0.15) is 0 Å². The van der Waals surface area contributed by atoms with Crippen molar-refractivity contribution in [1.82, 2.24) is 10.3 Å². The highest BCUT2D eigenvalue weighted by Crippen LogP contribution is 2.04. The molecule has 1 heterocycles. The Bertz CT molecular complexity index is 287. The lowest BCUT2D eigenvalue weighted by atomic mass is 10.2. The van der Waals surface area contributed by atoms with Crippen LogP contribution in [0.15, 0.2) is 18.3 Å². The van der Waals surface area contributed by atoms with Crippen molar-refractivity contribution in [3.63, 3.8) is 0 Å². The van der Waals surface area contributed by atoms with Crippen LogP contribution < -0.4 is 5.32 Å². The Morgan fingerprint density at radius 1 is 1.53 bits per heavy atom. The lowest BCUT2D eigenvalue weighted by Gasteiger charge is -2.07. The Morgan fingerprint density at radius 3 is 3.00 bits per heavy atom. The molecular weight excluding hydrogens is 208 g/mol. The number of aryl methyl sites for hydroxylation is 1. The van der Waals surface area contributed by atoms with Crippen molar-refractivity contribution >= 4 is 11.6 Å². The van der Waals surface area contributed by atoms with Crippen molar-refractivity contribution < 1.29 is 0 Å². The number of hydrogen-bond donors (Lipinski definition) is 1. The average Bonchev–Trinajstić information content (AvgIpc) is 2.20. The largest absolute Gasteiger partial charge is 0.311 e. The Balaban J connectivity index is 2.18. The molecule has 0 saturated carbocycles. The van der Waals surface area contributed by atoms with E-state index in [1.54, 1.807) is 0 Å². The van der Waals surface area contributed by atoms with Gasteiger partial charge in [0.2, 0.25) is 0 Å². The molecule has 0 amide bonds. The molecule has 1 aromatic heterocycles. The van der Waals surface area contributed by atoms with Gasteiger partial charge in [-0.3, -0.25) is 4.98 Å². The molecule has 84 valence electrons. The van der Waals surface area contributed by atoms with Gasteiger partial charge in [-0.05, 0) is 44.9 Å². The van der Waals surface area contributed by atoms with Crippen molar-refractivity contribution in [2.45, 2.75) is 38.6 Å². The van der Waals surface area contributed by atoms with E-state index in [2.05, 4.69) is 23.3 Å². The van der Waals surface area contributed by atoms with Gasteiger partial charge in [-0.1, -0.05) is 6.07 Å². The fourth-order valence-electron chi connectivity index (χ4n) is 1.42. The van der Waals surface area contributed by atoms with Crippen molar-refractivity contribution in [3.8, 4) is 0 Å². The van der Waals surface area contributed by atoms with E-state index in [1.807, 2.05) is 19.2 Å². The fraction of sp³-hybridized carbons (Fsp3) is 0.583. The molecule has 1 rings (SSSR count). The topological polar surface area (TPSA) is 24.9 Å². The van der Waals surface area contributed by atoms with Crippen LogP contribution in [0.25, 0.3) is 0 Å². The van der Waals surface area contributed by atoms with Crippen LogP contribution in [0.4, 0.5) is 0 Å². The molecule has 0 fully saturated rings. The van der Waals surface area contributed by atoms with Crippen molar-refractivity contribution in [3.05, 3.63) is 29.6 Å². The fourth-order valence-corrected chi connectivity index (χ4v) is 1.57. The van der Waals surface area contributed by atoms with E-state index in [-0.39, 0.29) is 5.38 Å². The van der Waals surface area contributed by atoms with Crippen LogP contribution in [0.1, 0.15) is 31.0 Å². The zero-order valence-electron chi connectivity index (χ0n) is 9.46. The number of nitrogens with one attached hydrogen (secondary N) is 1. The maximum Gasteiger partial charge on any atom is 0.0570 e. The van der Waals surface area contributed by atoms with Gasteiger partial charge in [-0.15, -0.1) is 11.6 Å². The van der Waals surface area contributed by atoms with Crippen LogP contribution in [-0.4, -0.2) is 16.9 Å². The number of alkyl halides is 1. The number of hydrogen-bond acceptors (Lipinski definition) is 2. The number of pyridine rings is 1. The van der Waals surface area contributed by atoms with Crippen LogP contribution >= 0.6 is 11.6 Å². The molecular formula is C12H19ClN2. The highest BCUT2D eigenvalue weighted by Gasteiger charge is 1.98. The molecule has 1 N–H and O–H groups in total. The molecule has 0 saturated heterocycles. The monoisotopic (exact) mass is 226 g/mol. The summed E-state index contributed by atoms with van der Waals surface area (Å²) < 4.78 is 0. The Labute approximate surface area is 97.1 Å². The minimum atomic E-state index is 0.281. The smallest absolute Gasteiger partial charge is 0.0570 e. The third kappa shape index (κ3) is 5.14. The van der Waals surface area contributed by atoms with E-state index < -0.39 is 0 Å². The Morgan fingerprint density at radius 2 is 2.33 bits per heavy atom. The lowest BCUT2D eigenvalue weighted by Crippen LogP contribution is -2.17. The van der Waals surface area contributed by atoms with Crippen LogP contribution in [0.3, 0.4) is 0 Å². The number of nitrogens with zero attached hydrogens (tertiary/aromatic N) is 1. The standard InChI is InChI=1S/C12H19ClN2/c1-10-5-3-8-15-12(10)9-14-7-4-6-11(2)13/h3,5,8,11,14H,4,6-7,9H2,1-2H3. The molecule has 2 nitrogen and oxygen atoms in total. The molecule has 3 heteroatoms. The van der Waals surface area contributed by atoms with Crippen LogP contribution in [0.5, 0.6) is 0 Å². The van der Waals surface area contributed by atoms with Gasteiger partial charge in [0, 0.05) is 18.1 Å².